The molecule has 9 heteroatoms. The predicted octanol–water partition coefficient (Wildman–Crippen LogP) is 3.57. The van der Waals surface area contributed by atoms with Crippen LogP contribution in [0.4, 0.5) is 0 Å². The number of hydrogen-bond acceptors (Lipinski definition) is 6. The van der Waals surface area contributed by atoms with Crippen LogP contribution in [0.1, 0.15) is 16.1 Å². The van der Waals surface area contributed by atoms with Crippen LogP contribution in [-0.2, 0) is 10.0 Å². The van der Waals surface area contributed by atoms with Crippen LogP contribution in [0.15, 0.2) is 70.0 Å². The predicted molar refractivity (Wildman–Crippen MR) is 116 cm³/mol. The highest BCUT2D eigenvalue weighted by molar-refractivity contribution is 7.89. The molecule has 0 aliphatic heterocycles. The van der Waals surface area contributed by atoms with Crippen LogP contribution in [0.2, 0.25) is 0 Å². The molecule has 2 heterocycles. The summed E-state index contributed by atoms with van der Waals surface area (Å²) in [5.74, 6) is 0.240. The third-order valence-corrected chi connectivity index (χ3v) is 6.90. The van der Waals surface area contributed by atoms with E-state index in [9.17, 15) is 13.2 Å². The minimum atomic E-state index is -3.62. The zero-order valence-corrected chi connectivity index (χ0v) is 17.7. The molecule has 0 bridgehead atoms. The number of para-hydroxylation sites is 1. The molecule has 0 saturated carbocycles. The molecule has 4 aromatic rings. The lowest BCUT2D eigenvalue weighted by Crippen LogP contribution is -2.34. The van der Waals surface area contributed by atoms with Crippen molar-refractivity contribution in [3.63, 3.8) is 0 Å². The minimum Gasteiger partial charge on any atom is -0.448 e. The molecule has 0 aliphatic carbocycles. The monoisotopic (exact) mass is 441 g/mol. The summed E-state index contributed by atoms with van der Waals surface area (Å²) in [5.41, 5.74) is 1.85. The minimum absolute atomic E-state index is 0.0629. The van der Waals surface area contributed by atoms with Crippen molar-refractivity contribution >= 4 is 37.5 Å². The summed E-state index contributed by atoms with van der Waals surface area (Å²) >= 11 is 1.49. The highest BCUT2D eigenvalue weighted by Crippen LogP contribution is 2.31. The van der Waals surface area contributed by atoms with Crippen LogP contribution in [0.25, 0.3) is 21.0 Å². The Kier molecular flexibility index (Phi) is 5.67. The van der Waals surface area contributed by atoms with Gasteiger partial charge < -0.3 is 9.73 Å². The Hall–Kier alpha value is -3.01. The van der Waals surface area contributed by atoms with Crippen LogP contribution in [-0.4, -0.2) is 32.4 Å². The first-order chi connectivity index (χ1) is 14.4. The van der Waals surface area contributed by atoms with E-state index in [0.29, 0.717) is 10.8 Å². The van der Waals surface area contributed by atoms with E-state index in [1.54, 1.807) is 36.4 Å². The first kappa shape index (κ1) is 20.3. The Bertz CT molecular complexity index is 1260. The molecule has 7 nitrogen and oxygen atoms in total. The van der Waals surface area contributed by atoms with Gasteiger partial charge in [-0.05, 0) is 43.3 Å². The van der Waals surface area contributed by atoms with Crippen molar-refractivity contribution < 1.29 is 17.6 Å². The van der Waals surface area contributed by atoms with Gasteiger partial charge in [-0.15, -0.1) is 11.3 Å². The maximum atomic E-state index is 12.3. The van der Waals surface area contributed by atoms with Gasteiger partial charge >= 0.3 is 0 Å². The lowest BCUT2D eigenvalue weighted by Gasteiger charge is -2.07. The van der Waals surface area contributed by atoms with Gasteiger partial charge in [0.2, 0.25) is 10.0 Å². The van der Waals surface area contributed by atoms with E-state index in [2.05, 4.69) is 15.0 Å². The smallest absolute Gasteiger partial charge is 0.287 e. The zero-order valence-electron chi connectivity index (χ0n) is 16.1. The number of amides is 1. The van der Waals surface area contributed by atoms with Crippen molar-refractivity contribution in [1.29, 1.82) is 0 Å². The molecule has 2 aromatic heterocycles. The van der Waals surface area contributed by atoms with E-state index in [0.717, 1.165) is 15.8 Å². The van der Waals surface area contributed by atoms with Crippen LogP contribution >= 0.6 is 11.3 Å². The van der Waals surface area contributed by atoms with Gasteiger partial charge in [0.25, 0.3) is 5.91 Å². The highest BCUT2D eigenvalue weighted by atomic mass is 32.2. The van der Waals surface area contributed by atoms with Gasteiger partial charge in [0.1, 0.15) is 0 Å². The summed E-state index contributed by atoms with van der Waals surface area (Å²) in [5, 5.41) is 3.34. The maximum absolute atomic E-state index is 12.3. The number of aryl methyl sites for hydroxylation is 1. The molecular weight excluding hydrogens is 422 g/mol. The number of furan rings is 1. The van der Waals surface area contributed by atoms with Gasteiger partial charge in [-0.1, -0.05) is 29.8 Å². The van der Waals surface area contributed by atoms with Gasteiger partial charge in [-0.3, -0.25) is 4.79 Å². The molecule has 154 valence electrons. The SMILES string of the molecule is Cc1ccc(S(=O)(=O)NCCNC(=O)c2ccc(-c3nc4ccccc4s3)o2)cc1. The van der Waals surface area contributed by atoms with Crippen molar-refractivity contribution in [3.05, 3.63) is 72.0 Å². The number of thiazole rings is 1. The van der Waals surface area contributed by atoms with E-state index in [4.69, 9.17) is 4.42 Å². The summed E-state index contributed by atoms with van der Waals surface area (Å²) < 4.78 is 33.6. The number of hydrogen-bond donors (Lipinski definition) is 2. The molecule has 0 spiro atoms. The fourth-order valence-corrected chi connectivity index (χ4v) is 4.76. The van der Waals surface area contributed by atoms with E-state index in [1.165, 1.54) is 11.3 Å². The normalized spacial score (nSPS) is 11.6. The molecular formula is C21H19N3O4S2. The average Bonchev–Trinajstić information content (AvgIpc) is 3.38. The average molecular weight is 442 g/mol. The fraction of sp³-hybridized carbons (Fsp3) is 0.143. The number of fused-ring (bicyclic) bond motifs is 1. The lowest BCUT2D eigenvalue weighted by molar-refractivity contribution is 0.0927. The topological polar surface area (TPSA) is 101 Å². The molecule has 30 heavy (non-hydrogen) atoms. The number of carbonyl (C=O) groups excluding carboxylic acids is 1. The van der Waals surface area contributed by atoms with Crippen LogP contribution < -0.4 is 10.0 Å². The van der Waals surface area contributed by atoms with Gasteiger partial charge in [-0.2, -0.15) is 0 Å². The molecule has 2 aromatic carbocycles. The van der Waals surface area contributed by atoms with E-state index < -0.39 is 15.9 Å². The number of nitrogens with one attached hydrogen (secondary N) is 2. The summed E-state index contributed by atoms with van der Waals surface area (Å²) in [6.45, 7) is 2.07. The second-order valence-corrected chi connectivity index (χ2v) is 9.41. The number of carbonyl (C=O) groups is 1. The number of nitrogens with zero attached hydrogens (tertiary/aromatic N) is 1. The Morgan fingerprint density at radius 2 is 1.80 bits per heavy atom. The van der Waals surface area contributed by atoms with Crippen molar-refractivity contribution in [1.82, 2.24) is 15.0 Å². The summed E-state index contributed by atoms with van der Waals surface area (Å²) in [6, 6.07) is 17.6. The number of benzene rings is 2. The van der Waals surface area contributed by atoms with Gasteiger partial charge in [-0.25, -0.2) is 18.1 Å². The van der Waals surface area contributed by atoms with Crippen LogP contribution in [0.3, 0.4) is 0 Å². The summed E-state index contributed by atoms with van der Waals surface area (Å²) in [4.78, 5) is 17.0. The van der Waals surface area contributed by atoms with E-state index in [1.807, 2.05) is 31.2 Å². The molecule has 1 amide bonds. The van der Waals surface area contributed by atoms with Crippen LogP contribution in [0.5, 0.6) is 0 Å². The molecule has 0 radical (unpaired) electrons. The first-order valence-corrected chi connectivity index (χ1v) is 11.5. The largest absolute Gasteiger partial charge is 0.448 e. The van der Waals surface area contributed by atoms with Crippen LogP contribution in [0, 0.1) is 6.92 Å². The maximum Gasteiger partial charge on any atom is 0.287 e. The Labute approximate surface area is 177 Å². The Balaban J connectivity index is 1.33. The number of sulfonamides is 1. The quantitative estimate of drug-likeness (QED) is 0.427. The lowest BCUT2D eigenvalue weighted by atomic mass is 10.2. The van der Waals surface area contributed by atoms with Crippen molar-refractivity contribution in [3.8, 4) is 10.8 Å². The first-order valence-electron chi connectivity index (χ1n) is 9.23. The van der Waals surface area contributed by atoms with Gasteiger partial charge in [0.05, 0.1) is 15.1 Å². The van der Waals surface area contributed by atoms with Gasteiger partial charge in [0.15, 0.2) is 16.5 Å². The molecule has 0 saturated heterocycles. The second kappa shape index (κ2) is 8.39. The van der Waals surface area contributed by atoms with E-state index >= 15 is 0 Å². The third kappa shape index (κ3) is 4.43. The fourth-order valence-electron chi connectivity index (χ4n) is 2.80. The number of aromatic nitrogens is 1. The van der Waals surface area contributed by atoms with Crippen molar-refractivity contribution in [2.75, 3.05) is 13.1 Å². The zero-order chi connectivity index (χ0) is 21.1. The Morgan fingerprint density at radius 1 is 1.03 bits per heavy atom. The molecule has 0 fully saturated rings. The second-order valence-electron chi connectivity index (χ2n) is 6.62. The van der Waals surface area contributed by atoms with Crippen molar-refractivity contribution in [2.45, 2.75) is 11.8 Å². The molecule has 4 rings (SSSR count). The third-order valence-electron chi connectivity index (χ3n) is 4.37. The molecule has 0 atom stereocenters. The van der Waals surface area contributed by atoms with Gasteiger partial charge in [0, 0.05) is 13.1 Å². The summed E-state index contributed by atoms with van der Waals surface area (Å²) in [6.07, 6.45) is 0. The highest BCUT2D eigenvalue weighted by Gasteiger charge is 2.16. The summed E-state index contributed by atoms with van der Waals surface area (Å²) in [7, 11) is -3.62. The molecule has 0 unspecified atom stereocenters. The number of rotatable bonds is 7. The van der Waals surface area contributed by atoms with Crippen molar-refractivity contribution in [2.24, 2.45) is 0 Å². The standard InChI is InChI=1S/C21H19N3O4S2/c1-14-6-8-15(9-7-14)30(26,27)23-13-12-22-20(25)17-10-11-18(28-17)21-24-16-4-2-3-5-19(16)29-21/h2-11,23H,12-13H2,1H3,(H,22,25). The molecule has 0 aliphatic rings. The van der Waals surface area contributed by atoms with E-state index in [-0.39, 0.29) is 23.7 Å². The molecule has 2 N–H and O–H groups in total. The Morgan fingerprint density at radius 3 is 2.57 bits per heavy atom.